The van der Waals surface area contributed by atoms with Crippen LogP contribution in [0.5, 0.6) is 5.88 Å². The van der Waals surface area contributed by atoms with Crippen LogP contribution >= 0.6 is 0 Å². The molecule has 0 aliphatic carbocycles. The van der Waals surface area contributed by atoms with Gasteiger partial charge in [-0.25, -0.2) is 9.18 Å². The molecule has 1 aromatic heterocycles. The summed E-state index contributed by atoms with van der Waals surface area (Å²) < 4.78 is 20.8. The van der Waals surface area contributed by atoms with Crippen molar-refractivity contribution in [1.29, 1.82) is 5.26 Å². The predicted molar refractivity (Wildman–Crippen MR) is 88.9 cm³/mol. The van der Waals surface area contributed by atoms with Gasteiger partial charge in [0.25, 0.3) is 0 Å². The highest BCUT2D eigenvalue weighted by Crippen LogP contribution is 2.32. The number of nitriles is 1. The van der Waals surface area contributed by atoms with Crippen molar-refractivity contribution in [2.75, 3.05) is 11.4 Å². The Morgan fingerprint density at radius 3 is 3.04 bits per heavy atom. The summed E-state index contributed by atoms with van der Waals surface area (Å²) >= 11 is 0. The van der Waals surface area contributed by atoms with Gasteiger partial charge in [-0.2, -0.15) is 10.2 Å². The molecule has 1 aromatic carbocycles. The molecule has 6 nitrogen and oxygen atoms in total. The van der Waals surface area contributed by atoms with E-state index in [1.165, 1.54) is 18.6 Å². The molecule has 0 saturated carbocycles. The van der Waals surface area contributed by atoms with E-state index in [0.717, 1.165) is 25.2 Å². The first-order valence-corrected chi connectivity index (χ1v) is 8.35. The van der Waals surface area contributed by atoms with Crippen LogP contribution in [0.3, 0.4) is 0 Å². The lowest BCUT2D eigenvalue weighted by molar-refractivity contribution is 0.291. The number of rotatable bonds is 3. The maximum Gasteiger partial charge on any atom is 0.352 e. The molecule has 7 heteroatoms. The molecular weight excluding hydrogens is 323 g/mol. The summed E-state index contributed by atoms with van der Waals surface area (Å²) in [5, 5.41) is 8.90. The first kappa shape index (κ1) is 15.6. The van der Waals surface area contributed by atoms with Crippen molar-refractivity contribution in [2.45, 2.75) is 38.5 Å². The fraction of sp³-hybridized carbons (Fsp3) is 0.389. The summed E-state index contributed by atoms with van der Waals surface area (Å²) in [6.07, 6.45) is 3.38. The van der Waals surface area contributed by atoms with E-state index in [2.05, 4.69) is 9.88 Å². The maximum absolute atomic E-state index is 13.5. The Hall–Kier alpha value is -2.88. The van der Waals surface area contributed by atoms with Gasteiger partial charge < -0.3 is 9.64 Å². The van der Waals surface area contributed by atoms with E-state index in [0.29, 0.717) is 18.2 Å². The highest BCUT2D eigenvalue weighted by Gasteiger charge is 2.32. The SMILES string of the molecule is N#Cc1cc(F)cc(COc2cc3n(c(=O)n2)CC2CCCCN32)c1. The fourth-order valence-corrected chi connectivity index (χ4v) is 3.62. The van der Waals surface area contributed by atoms with E-state index < -0.39 is 5.82 Å². The molecule has 2 aromatic rings. The minimum atomic E-state index is -0.490. The van der Waals surface area contributed by atoms with Gasteiger partial charge in [-0.05, 0) is 43.0 Å². The fourth-order valence-electron chi connectivity index (χ4n) is 3.62. The van der Waals surface area contributed by atoms with Crippen molar-refractivity contribution in [3.8, 4) is 11.9 Å². The summed E-state index contributed by atoms with van der Waals surface area (Å²) in [5.74, 6) is 0.581. The molecule has 1 unspecified atom stereocenters. The normalized spacial score (nSPS) is 18.4. The zero-order valence-electron chi connectivity index (χ0n) is 13.6. The van der Waals surface area contributed by atoms with Crippen LogP contribution in [-0.4, -0.2) is 22.1 Å². The molecule has 0 spiro atoms. The van der Waals surface area contributed by atoms with E-state index in [4.69, 9.17) is 10.00 Å². The minimum absolute atomic E-state index is 0.0474. The van der Waals surface area contributed by atoms with Gasteiger partial charge in [0, 0.05) is 25.2 Å². The van der Waals surface area contributed by atoms with Crippen LogP contribution in [0, 0.1) is 17.1 Å². The average molecular weight is 340 g/mol. The summed E-state index contributed by atoms with van der Waals surface area (Å²) in [4.78, 5) is 18.5. The van der Waals surface area contributed by atoms with Crippen LogP contribution in [0.2, 0.25) is 0 Å². The van der Waals surface area contributed by atoms with Crippen LogP contribution in [0.1, 0.15) is 30.4 Å². The third-order valence-corrected chi connectivity index (χ3v) is 4.75. The summed E-state index contributed by atoms with van der Waals surface area (Å²) in [6, 6.07) is 8.08. The van der Waals surface area contributed by atoms with E-state index in [1.807, 2.05) is 6.07 Å². The second kappa shape index (κ2) is 6.20. The van der Waals surface area contributed by atoms with Crippen LogP contribution in [0.25, 0.3) is 0 Å². The molecule has 0 amide bonds. The molecule has 0 N–H and O–H groups in total. The molecule has 25 heavy (non-hydrogen) atoms. The maximum atomic E-state index is 13.5. The molecule has 2 aliphatic rings. The van der Waals surface area contributed by atoms with Crippen molar-refractivity contribution in [1.82, 2.24) is 9.55 Å². The third-order valence-electron chi connectivity index (χ3n) is 4.75. The van der Waals surface area contributed by atoms with E-state index in [1.54, 1.807) is 16.7 Å². The molecule has 2 aliphatic heterocycles. The molecule has 0 bridgehead atoms. The van der Waals surface area contributed by atoms with E-state index in [-0.39, 0.29) is 23.7 Å². The van der Waals surface area contributed by atoms with Gasteiger partial charge >= 0.3 is 5.69 Å². The second-order valence-electron chi connectivity index (χ2n) is 6.44. The number of aromatic nitrogens is 2. The minimum Gasteiger partial charge on any atom is -0.473 e. The van der Waals surface area contributed by atoms with Crippen LogP contribution in [0.4, 0.5) is 10.2 Å². The molecule has 128 valence electrons. The molecule has 1 atom stereocenters. The number of fused-ring (bicyclic) bond motifs is 3. The predicted octanol–water partition coefficient (Wildman–Crippen LogP) is 2.21. The highest BCUT2D eigenvalue weighted by molar-refractivity contribution is 5.47. The summed E-state index contributed by atoms with van der Waals surface area (Å²) in [5.41, 5.74) is 0.436. The van der Waals surface area contributed by atoms with Gasteiger partial charge in [0.15, 0.2) is 0 Å². The number of anilines is 1. The van der Waals surface area contributed by atoms with Gasteiger partial charge in [0.1, 0.15) is 18.2 Å². The largest absolute Gasteiger partial charge is 0.473 e. The van der Waals surface area contributed by atoms with Crippen molar-refractivity contribution < 1.29 is 9.13 Å². The van der Waals surface area contributed by atoms with E-state index >= 15 is 0 Å². The number of nitrogens with zero attached hydrogens (tertiary/aromatic N) is 4. The Balaban J connectivity index is 1.57. The van der Waals surface area contributed by atoms with Crippen molar-refractivity contribution in [3.63, 3.8) is 0 Å². The van der Waals surface area contributed by atoms with Gasteiger partial charge in [0.2, 0.25) is 5.88 Å². The molecule has 1 fully saturated rings. The zero-order valence-corrected chi connectivity index (χ0v) is 13.6. The average Bonchev–Trinajstić information content (AvgIpc) is 2.99. The smallest absolute Gasteiger partial charge is 0.352 e. The molecule has 3 heterocycles. The van der Waals surface area contributed by atoms with Crippen molar-refractivity contribution in [2.24, 2.45) is 0 Å². The summed E-state index contributed by atoms with van der Waals surface area (Å²) in [6.45, 7) is 1.66. The van der Waals surface area contributed by atoms with Gasteiger partial charge in [-0.15, -0.1) is 0 Å². The number of halogens is 1. The monoisotopic (exact) mass is 340 g/mol. The van der Waals surface area contributed by atoms with Gasteiger partial charge in [-0.1, -0.05) is 0 Å². The van der Waals surface area contributed by atoms with Crippen LogP contribution < -0.4 is 15.3 Å². The Morgan fingerprint density at radius 2 is 2.20 bits per heavy atom. The quantitative estimate of drug-likeness (QED) is 0.857. The number of hydrogen-bond donors (Lipinski definition) is 0. The van der Waals surface area contributed by atoms with Gasteiger partial charge in [-0.3, -0.25) is 4.57 Å². The number of ether oxygens (including phenoxy) is 1. The number of hydrogen-bond acceptors (Lipinski definition) is 5. The lowest BCUT2D eigenvalue weighted by Gasteiger charge is -2.30. The molecular formula is C18H17FN4O2. The topological polar surface area (TPSA) is 71.1 Å². The Labute approximate surface area is 144 Å². The second-order valence-corrected chi connectivity index (χ2v) is 6.44. The lowest BCUT2D eigenvalue weighted by Crippen LogP contribution is -2.36. The molecule has 0 radical (unpaired) electrons. The van der Waals surface area contributed by atoms with E-state index in [9.17, 15) is 9.18 Å². The first-order chi connectivity index (χ1) is 12.1. The molecule has 4 rings (SSSR count). The Kier molecular flexibility index (Phi) is 3.88. The van der Waals surface area contributed by atoms with Gasteiger partial charge in [0.05, 0.1) is 11.6 Å². The van der Waals surface area contributed by atoms with Crippen LogP contribution in [-0.2, 0) is 13.2 Å². The molecule has 1 saturated heterocycles. The number of piperidine rings is 1. The zero-order chi connectivity index (χ0) is 17.4. The van der Waals surface area contributed by atoms with Crippen LogP contribution in [0.15, 0.2) is 29.1 Å². The van der Waals surface area contributed by atoms with Crippen molar-refractivity contribution in [3.05, 3.63) is 51.7 Å². The van der Waals surface area contributed by atoms with Crippen molar-refractivity contribution >= 4 is 5.82 Å². The standard InChI is InChI=1S/C18H17FN4O2/c19-14-6-12(9-20)5-13(7-14)11-25-16-8-17-22-4-2-1-3-15(22)10-23(17)18(24)21-16/h5-8,15H,1-4,10-11H2. The number of benzene rings is 1. The summed E-state index contributed by atoms with van der Waals surface area (Å²) in [7, 11) is 0. The lowest BCUT2D eigenvalue weighted by atomic mass is 10.0. The Bertz CT molecular complexity index is 918. The highest BCUT2D eigenvalue weighted by atomic mass is 19.1. The first-order valence-electron chi connectivity index (χ1n) is 8.35. The Morgan fingerprint density at radius 1 is 1.32 bits per heavy atom. The third kappa shape index (κ3) is 2.95.